The third-order valence-electron chi connectivity index (χ3n) is 2.77. The smallest absolute Gasteiger partial charge is 0.311 e. The second kappa shape index (κ2) is 8.58. The summed E-state index contributed by atoms with van der Waals surface area (Å²) in [5.74, 6) is -1.08. The highest BCUT2D eigenvalue weighted by molar-refractivity contribution is 6.40. The van der Waals surface area contributed by atoms with Crippen molar-refractivity contribution in [2.45, 2.75) is 12.8 Å². The molecule has 0 aliphatic carbocycles. The number of carbonyl (C=O) groups is 2. The minimum Gasteiger partial charge on any atom is -0.425 e. The Balaban J connectivity index is 1.90. The van der Waals surface area contributed by atoms with Gasteiger partial charge in [-0.3, -0.25) is 9.59 Å². The lowest BCUT2D eigenvalue weighted by atomic mass is 10.3. The Morgan fingerprint density at radius 1 is 0.792 bits per heavy atom. The van der Waals surface area contributed by atoms with Crippen LogP contribution in [-0.2, 0) is 9.59 Å². The number of para-hydroxylation sites is 1. The Bertz CT molecular complexity index is 753. The van der Waals surface area contributed by atoms with E-state index in [1.165, 1.54) is 12.1 Å². The van der Waals surface area contributed by atoms with Crippen LogP contribution >= 0.6 is 46.4 Å². The highest BCUT2D eigenvalue weighted by Gasteiger charge is 2.16. The molecular formula is C16H10Cl4O4. The predicted octanol–water partition coefficient (Wildman–Crippen LogP) is 5.59. The molecule has 0 unspecified atom stereocenters. The van der Waals surface area contributed by atoms with E-state index in [2.05, 4.69) is 0 Å². The van der Waals surface area contributed by atoms with E-state index in [9.17, 15) is 9.59 Å². The molecule has 8 heteroatoms. The number of carbonyl (C=O) groups excluding carboxylic acids is 2. The Morgan fingerprint density at radius 3 is 1.92 bits per heavy atom. The van der Waals surface area contributed by atoms with Crippen molar-refractivity contribution in [2.24, 2.45) is 0 Å². The molecule has 0 bridgehead atoms. The van der Waals surface area contributed by atoms with Crippen LogP contribution in [0.4, 0.5) is 0 Å². The van der Waals surface area contributed by atoms with E-state index in [0.717, 1.165) is 0 Å². The summed E-state index contributed by atoms with van der Waals surface area (Å²) in [6, 6.07) is 9.30. The monoisotopic (exact) mass is 406 g/mol. The molecule has 0 aliphatic rings. The van der Waals surface area contributed by atoms with Gasteiger partial charge in [0.2, 0.25) is 0 Å². The summed E-state index contributed by atoms with van der Waals surface area (Å²) in [6.45, 7) is 0. The van der Waals surface area contributed by atoms with Gasteiger partial charge in [-0.15, -0.1) is 0 Å². The zero-order valence-electron chi connectivity index (χ0n) is 12.0. The molecule has 0 saturated heterocycles. The normalized spacial score (nSPS) is 10.3. The number of benzene rings is 2. The standard InChI is InChI=1S/C16H10Cl4O4/c17-9-7-11(19)16(12(20)8-9)24-15(22)6-5-14(21)23-13-4-2-1-3-10(13)18/h1-4,7-8H,5-6H2. The number of halogens is 4. The van der Waals surface area contributed by atoms with Crippen LogP contribution in [0.25, 0.3) is 0 Å². The quantitative estimate of drug-likeness (QED) is 0.478. The molecule has 0 atom stereocenters. The van der Waals surface area contributed by atoms with Crippen molar-refractivity contribution in [2.75, 3.05) is 0 Å². The molecule has 0 amide bonds. The van der Waals surface area contributed by atoms with Gasteiger partial charge in [0.05, 0.1) is 27.9 Å². The van der Waals surface area contributed by atoms with E-state index < -0.39 is 11.9 Å². The highest BCUT2D eigenvalue weighted by Crippen LogP contribution is 2.36. The first-order valence-corrected chi connectivity index (χ1v) is 8.18. The lowest BCUT2D eigenvalue weighted by Gasteiger charge is -2.09. The molecule has 2 rings (SSSR count). The number of ether oxygens (including phenoxy) is 2. The molecule has 0 N–H and O–H groups in total. The van der Waals surface area contributed by atoms with Crippen LogP contribution in [0.5, 0.6) is 11.5 Å². The van der Waals surface area contributed by atoms with Gasteiger partial charge >= 0.3 is 11.9 Å². The summed E-state index contributed by atoms with van der Waals surface area (Å²) >= 11 is 23.5. The number of hydrogen-bond donors (Lipinski definition) is 0. The predicted molar refractivity (Wildman–Crippen MR) is 93.4 cm³/mol. The van der Waals surface area contributed by atoms with Gasteiger partial charge in [0.15, 0.2) is 5.75 Å². The van der Waals surface area contributed by atoms with Crippen LogP contribution in [0.15, 0.2) is 36.4 Å². The summed E-state index contributed by atoms with van der Waals surface area (Å²) in [5, 5.41) is 0.806. The maximum Gasteiger partial charge on any atom is 0.311 e. The molecular weight excluding hydrogens is 398 g/mol. The van der Waals surface area contributed by atoms with E-state index >= 15 is 0 Å². The first kappa shape index (κ1) is 18.9. The van der Waals surface area contributed by atoms with E-state index in [1.807, 2.05) is 0 Å². The number of esters is 2. The van der Waals surface area contributed by atoms with E-state index in [0.29, 0.717) is 10.0 Å². The van der Waals surface area contributed by atoms with Crippen molar-refractivity contribution in [3.8, 4) is 11.5 Å². The fourth-order valence-corrected chi connectivity index (χ4v) is 2.77. The van der Waals surface area contributed by atoms with Crippen LogP contribution < -0.4 is 9.47 Å². The lowest BCUT2D eigenvalue weighted by Crippen LogP contribution is -2.14. The molecule has 0 aliphatic heterocycles. The average Bonchev–Trinajstić information content (AvgIpc) is 2.51. The minimum atomic E-state index is -0.683. The summed E-state index contributed by atoms with van der Waals surface area (Å²) in [4.78, 5) is 23.6. The number of hydrogen-bond acceptors (Lipinski definition) is 4. The highest BCUT2D eigenvalue weighted by atomic mass is 35.5. The lowest BCUT2D eigenvalue weighted by molar-refractivity contribution is -0.140. The van der Waals surface area contributed by atoms with Crippen molar-refractivity contribution in [1.82, 2.24) is 0 Å². The maximum atomic E-state index is 11.8. The molecule has 24 heavy (non-hydrogen) atoms. The molecule has 4 nitrogen and oxygen atoms in total. The van der Waals surface area contributed by atoms with Crippen LogP contribution in [0, 0.1) is 0 Å². The SMILES string of the molecule is O=C(CCC(=O)Oc1c(Cl)cc(Cl)cc1Cl)Oc1ccccc1Cl. The topological polar surface area (TPSA) is 52.6 Å². The molecule has 0 radical (unpaired) electrons. The van der Waals surface area contributed by atoms with Crippen LogP contribution in [0.3, 0.4) is 0 Å². The largest absolute Gasteiger partial charge is 0.425 e. The molecule has 126 valence electrons. The van der Waals surface area contributed by atoms with Crippen LogP contribution in [0.1, 0.15) is 12.8 Å². The molecule has 0 spiro atoms. The Kier molecular flexibility index (Phi) is 6.75. The van der Waals surface area contributed by atoms with Gasteiger partial charge in [-0.2, -0.15) is 0 Å². The molecule has 0 heterocycles. The van der Waals surface area contributed by atoms with E-state index in [-0.39, 0.29) is 34.4 Å². The van der Waals surface area contributed by atoms with Crippen molar-refractivity contribution in [1.29, 1.82) is 0 Å². The van der Waals surface area contributed by atoms with Crippen LogP contribution in [-0.4, -0.2) is 11.9 Å². The van der Waals surface area contributed by atoms with E-state index in [1.54, 1.807) is 24.3 Å². The van der Waals surface area contributed by atoms with Crippen LogP contribution in [0.2, 0.25) is 20.1 Å². The summed E-state index contributed by atoms with van der Waals surface area (Å²) in [6.07, 6.45) is -0.397. The fraction of sp³-hybridized carbons (Fsp3) is 0.125. The van der Waals surface area contributed by atoms with Gasteiger partial charge in [-0.05, 0) is 24.3 Å². The summed E-state index contributed by atoms with van der Waals surface area (Å²) in [5.41, 5.74) is 0. The van der Waals surface area contributed by atoms with E-state index in [4.69, 9.17) is 55.9 Å². The van der Waals surface area contributed by atoms with Gasteiger partial charge < -0.3 is 9.47 Å². The Labute approximate surface area is 158 Å². The fourth-order valence-electron chi connectivity index (χ4n) is 1.70. The van der Waals surface area contributed by atoms with Gasteiger partial charge in [-0.25, -0.2) is 0 Å². The average molecular weight is 408 g/mol. The molecule has 0 saturated carbocycles. The van der Waals surface area contributed by atoms with Gasteiger partial charge in [0.1, 0.15) is 5.75 Å². The zero-order chi connectivity index (χ0) is 17.7. The van der Waals surface area contributed by atoms with Crippen molar-refractivity contribution in [3.05, 3.63) is 56.5 Å². The number of rotatable bonds is 5. The van der Waals surface area contributed by atoms with Crippen molar-refractivity contribution in [3.63, 3.8) is 0 Å². The second-order valence-electron chi connectivity index (χ2n) is 4.58. The summed E-state index contributed by atoms with van der Waals surface area (Å²) < 4.78 is 10.1. The Hall–Kier alpha value is -1.46. The minimum absolute atomic E-state index is 0.00722. The molecule has 0 fully saturated rings. The zero-order valence-corrected chi connectivity index (χ0v) is 15.0. The first-order chi connectivity index (χ1) is 11.4. The maximum absolute atomic E-state index is 11.8. The third-order valence-corrected chi connectivity index (χ3v) is 3.86. The van der Waals surface area contributed by atoms with Gasteiger partial charge in [0, 0.05) is 5.02 Å². The second-order valence-corrected chi connectivity index (χ2v) is 6.24. The van der Waals surface area contributed by atoms with Gasteiger partial charge in [0.25, 0.3) is 0 Å². The van der Waals surface area contributed by atoms with Crippen molar-refractivity contribution >= 4 is 58.3 Å². The summed E-state index contributed by atoms with van der Waals surface area (Å²) in [7, 11) is 0. The van der Waals surface area contributed by atoms with Gasteiger partial charge in [-0.1, -0.05) is 58.5 Å². The van der Waals surface area contributed by atoms with Crippen molar-refractivity contribution < 1.29 is 19.1 Å². The molecule has 0 aromatic heterocycles. The third kappa shape index (κ3) is 5.28. The first-order valence-electron chi connectivity index (χ1n) is 6.67. The Morgan fingerprint density at radius 2 is 1.33 bits per heavy atom. The molecule has 2 aromatic rings. The molecule has 2 aromatic carbocycles.